The van der Waals surface area contributed by atoms with E-state index in [1.54, 1.807) is 0 Å². The first-order valence-corrected chi connectivity index (χ1v) is 19.1. The number of thiophene rings is 1. The van der Waals surface area contributed by atoms with Crippen LogP contribution in [0.25, 0.3) is 69.9 Å². The summed E-state index contributed by atoms with van der Waals surface area (Å²) in [5, 5.41) is 5.19. The summed E-state index contributed by atoms with van der Waals surface area (Å²) < 4.78 is 5.08. The molecule has 0 N–H and O–H groups in total. The van der Waals surface area contributed by atoms with Crippen molar-refractivity contribution in [1.29, 1.82) is 0 Å². The molecule has 0 saturated carbocycles. The Morgan fingerprint density at radius 3 is 1.72 bits per heavy atom. The van der Waals surface area contributed by atoms with Crippen LogP contribution in [0.3, 0.4) is 0 Å². The molecule has 0 radical (unpaired) electrons. The summed E-state index contributed by atoms with van der Waals surface area (Å²) in [4.78, 5) is 5.20. The second-order valence-electron chi connectivity index (χ2n) is 14.4. The molecule has 0 amide bonds. The Morgan fingerprint density at radius 1 is 0.396 bits per heavy atom. The minimum absolute atomic E-state index is 0.0479. The highest BCUT2D eigenvalue weighted by atomic mass is 32.1. The fourth-order valence-corrected chi connectivity index (χ4v) is 11.1. The van der Waals surface area contributed by atoms with Crippen LogP contribution in [0.4, 0.5) is 28.4 Å². The highest BCUT2D eigenvalue weighted by Gasteiger charge is 2.48. The van der Waals surface area contributed by atoms with Crippen LogP contribution in [-0.2, 0) is 0 Å². The van der Waals surface area contributed by atoms with E-state index in [0.717, 1.165) is 0 Å². The van der Waals surface area contributed by atoms with E-state index < -0.39 is 0 Å². The van der Waals surface area contributed by atoms with Gasteiger partial charge in [-0.05, 0) is 82.7 Å². The molecule has 10 aromatic rings. The number of aromatic nitrogens is 1. The van der Waals surface area contributed by atoms with Crippen LogP contribution in [0.1, 0.15) is 0 Å². The quantitative estimate of drug-likeness (QED) is 0.167. The zero-order chi connectivity index (χ0) is 34.4. The number of para-hydroxylation sites is 3. The molecular formula is C48H28BN3S. The standard InChI is InChI=1S/C48H28BN3S/c1-5-19-38-30(12-1)31-13-2-6-20-39(31)50(38)29-26-27-41-37(28-29)35-17-10-23-43-47(35)49-46-34(32-14-3-7-21-40(32)52(41)49)16-9-22-42(46)51(43)44-24-11-18-36-33-15-4-8-25-45(33)53-48(36)44/h1-28H. The summed E-state index contributed by atoms with van der Waals surface area (Å²) in [6.07, 6.45) is 0. The maximum absolute atomic E-state index is 2.63. The highest BCUT2D eigenvalue weighted by Crippen LogP contribution is 2.53. The molecule has 3 aliphatic rings. The maximum Gasteiger partial charge on any atom is 0.333 e. The molecule has 0 unspecified atom stereocenters. The fourth-order valence-electron chi connectivity index (χ4n) is 9.85. The lowest BCUT2D eigenvalue weighted by Crippen LogP contribution is -2.63. The predicted molar refractivity (Wildman–Crippen MR) is 226 cm³/mol. The monoisotopic (exact) mass is 689 g/mol. The molecule has 244 valence electrons. The lowest BCUT2D eigenvalue weighted by atomic mass is 9.41. The first-order valence-electron chi connectivity index (χ1n) is 18.3. The van der Waals surface area contributed by atoms with E-state index in [2.05, 4.69) is 184 Å². The number of hydrogen-bond donors (Lipinski definition) is 0. The second-order valence-corrected chi connectivity index (χ2v) is 15.5. The van der Waals surface area contributed by atoms with Crippen molar-refractivity contribution in [1.82, 2.24) is 4.57 Å². The Balaban J connectivity index is 1.14. The molecular weight excluding hydrogens is 661 g/mol. The molecule has 0 spiro atoms. The molecule has 5 heteroatoms. The Morgan fingerprint density at radius 2 is 0.943 bits per heavy atom. The zero-order valence-corrected chi connectivity index (χ0v) is 29.3. The van der Waals surface area contributed by atoms with E-state index in [0.29, 0.717) is 0 Å². The van der Waals surface area contributed by atoms with Gasteiger partial charge in [0.1, 0.15) is 0 Å². The molecule has 3 nitrogen and oxygen atoms in total. The first-order chi connectivity index (χ1) is 26.3. The van der Waals surface area contributed by atoms with Crippen molar-refractivity contribution >= 4 is 99.5 Å². The van der Waals surface area contributed by atoms with Gasteiger partial charge < -0.3 is 14.3 Å². The van der Waals surface area contributed by atoms with Gasteiger partial charge in [-0.3, -0.25) is 0 Å². The molecule has 0 saturated heterocycles. The normalized spacial score (nSPS) is 13.5. The molecule has 0 atom stereocenters. The van der Waals surface area contributed by atoms with Crippen molar-refractivity contribution in [3.05, 3.63) is 170 Å². The maximum atomic E-state index is 2.63. The van der Waals surface area contributed by atoms with Crippen LogP contribution in [0.15, 0.2) is 170 Å². The van der Waals surface area contributed by atoms with Crippen LogP contribution < -0.4 is 20.6 Å². The van der Waals surface area contributed by atoms with Gasteiger partial charge in [0.15, 0.2) is 0 Å². The van der Waals surface area contributed by atoms with E-state index in [4.69, 9.17) is 0 Å². The van der Waals surface area contributed by atoms with Crippen molar-refractivity contribution in [3.63, 3.8) is 0 Å². The van der Waals surface area contributed by atoms with Crippen molar-refractivity contribution < 1.29 is 0 Å². The lowest BCUT2D eigenvalue weighted by molar-refractivity contribution is 1.18. The van der Waals surface area contributed by atoms with Crippen LogP contribution in [0.5, 0.6) is 0 Å². The van der Waals surface area contributed by atoms with Gasteiger partial charge in [-0.15, -0.1) is 11.3 Å². The summed E-state index contributed by atoms with van der Waals surface area (Å²) in [5.41, 5.74) is 17.8. The highest BCUT2D eigenvalue weighted by molar-refractivity contribution is 7.26. The van der Waals surface area contributed by atoms with Crippen LogP contribution in [0, 0.1) is 0 Å². The third kappa shape index (κ3) is 3.50. The SMILES string of the molecule is c1ccc2c(c1)-c1cccc3c1B1c4c(cccc4N3c3cccc4c3sc3ccccc34)-c3cc(-n4c5ccccc5c5ccccc54)ccc3N12. The number of rotatable bonds is 2. The van der Waals surface area contributed by atoms with E-state index in [-0.39, 0.29) is 6.85 Å². The third-order valence-electron chi connectivity index (χ3n) is 11.9. The lowest BCUT2D eigenvalue weighted by Gasteiger charge is -2.49. The number of anilines is 5. The molecule has 3 aliphatic heterocycles. The van der Waals surface area contributed by atoms with Gasteiger partial charge >= 0.3 is 6.85 Å². The van der Waals surface area contributed by atoms with E-state index in [1.807, 2.05) is 11.3 Å². The summed E-state index contributed by atoms with van der Waals surface area (Å²) in [6.45, 7) is 0.0479. The molecule has 0 bridgehead atoms. The smallest absolute Gasteiger partial charge is 0.333 e. The summed E-state index contributed by atoms with van der Waals surface area (Å²) in [7, 11) is 0. The Labute approximate surface area is 310 Å². The molecule has 0 fully saturated rings. The van der Waals surface area contributed by atoms with Crippen molar-refractivity contribution in [2.75, 3.05) is 9.71 Å². The van der Waals surface area contributed by atoms with Gasteiger partial charge in [0.05, 0.1) is 21.4 Å². The van der Waals surface area contributed by atoms with E-state index in [1.165, 1.54) is 109 Å². The summed E-state index contributed by atoms with van der Waals surface area (Å²) in [5.74, 6) is 0. The number of benzene rings is 8. The second kappa shape index (κ2) is 10.1. The van der Waals surface area contributed by atoms with Crippen molar-refractivity contribution in [2.45, 2.75) is 0 Å². The first kappa shape index (κ1) is 28.1. The zero-order valence-electron chi connectivity index (χ0n) is 28.5. The summed E-state index contributed by atoms with van der Waals surface area (Å²) >= 11 is 1.90. The van der Waals surface area contributed by atoms with E-state index >= 15 is 0 Å². The molecule has 2 aromatic heterocycles. The van der Waals surface area contributed by atoms with Gasteiger partial charge in [-0.1, -0.05) is 109 Å². The fraction of sp³-hybridized carbons (Fsp3) is 0. The van der Waals surface area contributed by atoms with Gasteiger partial charge in [-0.25, -0.2) is 0 Å². The van der Waals surface area contributed by atoms with Crippen LogP contribution >= 0.6 is 11.3 Å². The molecule has 8 aromatic carbocycles. The van der Waals surface area contributed by atoms with Crippen LogP contribution in [-0.4, -0.2) is 11.4 Å². The molecule has 0 aliphatic carbocycles. The Kier molecular flexibility index (Phi) is 5.33. The summed E-state index contributed by atoms with van der Waals surface area (Å²) in [6, 6.07) is 63.3. The molecule has 5 heterocycles. The largest absolute Gasteiger partial charge is 0.376 e. The minimum atomic E-state index is 0.0479. The van der Waals surface area contributed by atoms with Gasteiger partial charge in [0, 0.05) is 65.8 Å². The van der Waals surface area contributed by atoms with Crippen molar-refractivity contribution in [3.8, 4) is 27.9 Å². The number of fused-ring (bicyclic) bond motifs is 12. The molecule has 13 rings (SSSR count). The molecule has 53 heavy (non-hydrogen) atoms. The average molecular weight is 690 g/mol. The van der Waals surface area contributed by atoms with E-state index in [9.17, 15) is 0 Å². The Hall–Kier alpha value is -6.56. The van der Waals surface area contributed by atoms with Crippen molar-refractivity contribution in [2.24, 2.45) is 0 Å². The Bertz CT molecular complexity index is 3170. The van der Waals surface area contributed by atoms with Crippen LogP contribution in [0.2, 0.25) is 0 Å². The minimum Gasteiger partial charge on any atom is -0.376 e. The topological polar surface area (TPSA) is 11.4 Å². The van der Waals surface area contributed by atoms with Gasteiger partial charge in [0.2, 0.25) is 0 Å². The number of hydrogen-bond acceptors (Lipinski definition) is 3. The van der Waals surface area contributed by atoms with Gasteiger partial charge in [0.25, 0.3) is 0 Å². The number of nitrogens with zero attached hydrogens (tertiary/aromatic N) is 3. The van der Waals surface area contributed by atoms with Gasteiger partial charge in [-0.2, -0.15) is 0 Å². The predicted octanol–water partition coefficient (Wildman–Crippen LogP) is 11.8. The third-order valence-corrected chi connectivity index (χ3v) is 13.1. The average Bonchev–Trinajstić information content (AvgIpc) is 3.77.